The third-order valence-electron chi connectivity index (χ3n) is 3.96. The van der Waals surface area contributed by atoms with Gasteiger partial charge in [0, 0.05) is 37.2 Å². The molecule has 0 aliphatic rings. The number of hydrogen-bond donors (Lipinski definition) is 2. The zero-order valence-electron chi connectivity index (χ0n) is 15.1. The maximum Gasteiger partial charge on any atom is 0.257 e. The number of carbonyl (C=O) groups is 2. The predicted octanol–water partition coefficient (Wildman–Crippen LogP) is 4.06. The van der Waals surface area contributed by atoms with Crippen molar-refractivity contribution in [3.05, 3.63) is 78.5 Å². The number of anilines is 4. The topological polar surface area (TPSA) is 74.3 Å². The van der Waals surface area contributed by atoms with Crippen molar-refractivity contribution in [2.24, 2.45) is 0 Å². The Bertz CT molecular complexity index is 923. The van der Waals surface area contributed by atoms with Crippen LogP contribution in [-0.2, 0) is 4.79 Å². The zero-order valence-corrected chi connectivity index (χ0v) is 15.1. The molecule has 3 rings (SSSR count). The van der Waals surface area contributed by atoms with Crippen LogP contribution in [0.25, 0.3) is 0 Å². The Kier molecular flexibility index (Phi) is 5.47. The summed E-state index contributed by atoms with van der Waals surface area (Å²) < 4.78 is 0. The van der Waals surface area contributed by atoms with Crippen LogP contribution >= 0.6 is 0 Å². The Balaban J connectivity index is 1.66. The van der Waals surface area contributed by atoms with E-state index in [0.29, 0.717) is 16.9 Å². The summed E-state index contributed by atoms with van der Waals surface area (Å²) in [4.78, 5) is 29.8. The molecule has 2 N–H and O–H groups in total. The van der Waals surface area contributed by atoms with Gasteiger partial charge < -0.3 is 15.5 Å². The van der Waals surface area contributed by atoms with E-state index in [1.807, 2.05) is 48.3 Å². The zero-order chi connectivity index (χ0) is 19.2. The molecule has 3 aromatic rings. The lowest BCUT2D eigenvalue weighted by Crippen LogP contribution is -2.14. The number of aromatic nitrogens is 1. The summed E-state index contributed by atoms with van der Waals surface area (Å²) in [5, 5.41) is 5.49. The van der Waals surface area contributed by atoms with E-state index >= 15 is 0 Å². The monoisotopic (exact) mass is 360 g/mol. The van der Waals surface area contributed by atoms with Gasteiger partial charge in [0.1, 0.15) is 5.82 Å². The lowest BCUT2D eigenvalue weighted by molar-refractivity contribution is -0.114. The van der Waals surface area contributed by atoms with Crippen molar-refractivity contribution in [1.82, 2.24) is 4.98 Å². The first-order valence-corrected chi connectivity index (χ1v) is 8.47. The molecular formula is C21H20N4O2. The molecule has 6 heteroatoms. The fraction of sp³-hybridized carbons (Fsp3) is 0.0952. The molecule has 136 valence electrons. The normalized spacial score (nSPS) is 10.1. The molecule has 0 aliphatic carbocycles. The molecule has 0 radical (unpaired) electrons. The SMILES string of the molecule is CC(=O)Nc1ccc(NC(=O)c2ccc(N(C)c3ccccc3)nc2)cc1. The molecule has 0 fully saturated rings. The van der Waals surface area contributed by atoms with Crippen LogP contribution in [0.4, 0.5) is 22.9 Å². The molecule has 2 aromatic carbocycles. The first-order valence-electron chi connectivity index (χ1n) is 8.47. The van der Waals surface area contributed by atoms with Crippen LogP contribution in [0, 0.1) is 0 Å². The van der Waals surface area contributed by atoms with Gasteiger partial charge in [0.2, 0.25) is 5.91 Å². The molecule has 0 spiro atoms. The van der Waals surface area contributed by atoms with E-state index < -0.39 is 0 Å². The predicted molar refractivity (Wildman–Crippen MR) is 107 cm³/mol. The number of para-hydroxylation sites is 1. The van der Waals surface area contributed by atoms with Crippen molar-refractivity contribution in [1.29, 1.82) is 0 Å². The largest absolute Gasteiger partial charge is 0.329 e. The molecule has 1 heterocycles. The molecule has 6 nitrogen and oxygen atoms in total. The van der Waals surface area contributed by atoms with E-state index in [0.717, 1.165) is 11.5 Å². The minimum Gasteiger partial charge on any atom is -0.329 e. The average molecular weight is 360 g/mol. The molecular weight excluding hydrogens is 340 g/mol. The number of benzene rings is 2. The molecule has 27 heavy (non-hydrogen) atoms. The second kappa shape index (κ2) is 8.14. The molecule has 0 saturated carbocycles. The van der Waals surface area contributed by atoms with Gasteiger partial charge in [-0.1, -0.05) is 18.2 Å². The molecule has 0 atom stereocenters. The van der Waals surface area contributed by atoms with Crippen molar-refractivity contribution < 1.29 is 9.59 Å². The summed E-state index contributed by atoms with van der Waals surface area (Å²) >= 11 is 0. The smallest absolute Gasteiger partial charge is 0.257 e. The van der Waals surface area contributed by atoms with Crippen molar-refractivity contribution in [3.63, 3.8) is 0 Å². The number of pyridine rings is 1. The number of nitrogens with one attached hydrogen (secondary N) is 2. The fourth-order valence-corrected chi connectivity index (χ4v) is 2.55. The van der Waals surface area contributed by atoms with Crippen molar-refractivity contribution in [2.75, 3.05) is 22.6 Å². The van der Waals surface area contributed by atoms with Gasteiger partial charge in [0.25, 0.3) is 5.91 Å². The van der Waals surface area contributed by atoms with Gasteiger partial charge in [0.15, 0.2) is 0 Å². The quantitative estimate of drug-likeness (QED) is 0.719. The van der Waals surface area contributed by atoms with Crippen molar-refractivity contribution in [3.8, 4) is 0 Å². The molecule has 0 unspecified atom stereocenters. The van der Waals surface area contributed by atoms with Gasteiger partial charge in [-0.3, -0.25) is 9.59 Å². The summed E-state index contributed by atoms with van der Waals surface area (Å²) in [5.74, 6) is 0.361. The van der Waals surface area contributed by atoms with Gasteiger partial charge in [-0.15, -0.1) is 0 Å². The highest BCUT2D eigenvalue weighted by molar-refractivity contribution is 6.04. The second-order valence-corrected chi connectivity index (χ2v) is 6.01. The van der Waals surface area contributed by atoms with Gasteiger partial charge in [-0.25, -0.2) is 4.98 Å². The Morgan fingerprint density at radius 3 is 2.04 bits per heavy atom. The third kappa shape index (κ3) is 4.70. The van der Waals surface area contributed by atoms with Gasteiger partial charge in [-0.2, -0.15) is 0 Å². The maximum absolute atomic E-state index is 12.4. The molecule has 0 aliphatic heterocycles. The summed E-state index contributed by atoms with van der Waals surface area (Å²) in [6.07, 6.45) is 1.55. The van der Waals surface area contributed by atoms with E-state index in [1.54, 1.807) is 36.5 Å². The van der Waals surface area contributed by atoms with Crippen LogP contribution in [0.15, 0.2) is 72.9 Å². The van der Waals surface area contributed by atoms with Crippen LogP contribution in [0.5, 0.6) is 0 Å². The molecule has 2 amide bonds. The number of hydrogen-bond acceptors (Lipinski definition) is 4. The van der Waals surface area contributed by atoms with Crippen LogP contribution in [0.3, 0.4) is 0 Å². The number of nitrogens with zero attached hydrogens (tertiary/aromatic N) is 2. The fourth-order valence-electron chi connectivity index (χ4n) is 2.55. The van der Waals surface area contributed by atoms with Gasteiger partial charge in [-0.05, 0) is 48.5 Å². The number of rotatable bonds is 5. The highest BCUT2D eigenvalue weighted by Crippen LogP contribution is 2.21. The Labute approximate surface area is 157 Å². The van der Waals surface area contributed by atoms with Crippen LogP contribution < -0.4 is 15.5 Å². The van der Waals surface area contributed by atoms with Gasteiger partial charge >= 0.3 is 0 Å². The molecule has 0 bridgehead atoms. The molecule has 1 aromatic heterocycles. The average Bonchev–Trinajstić information content (AvgIpc) is 2.69. The maximum atomic E-state index is 12.4. The first kappa shape index (κ1) is 18.1. The minimum absolute atomic E-state index is 0.140. The Hall–Kier alpha value is -3.67. The van der Waals surface area contributed by atoms with Crippen molar-refractivity contribution >= 4 is 34.7 Å². The summed E-state index contributed by atoms with van der Waals surface area (Å²) in [6.45, 7) is 1.45. The summed E-state index contributed by atoms with van der Waals surface area (Å²) in [7, 11) is 1.92. The standard InChI is InChI=1S/C21H20N4O2/c1-15(26)23-17-9-11-18(12-10-17)24-21(27)16-8-13-20(22-14-16)25(2)19-6-4-3-5-7-19/h3-14H,1-2H3,(H,23,26)(H,24,27). The Morgan fingerprint density at radius 2 is 1.48 bits per heavy atom. The highest BCUT2D eigenvalue weighted by atomic mass is 16.2. The van der Waals surface area contributed by atoms with E-state index in [-0.39, 0.29) is 11.8 Å². The number of carbonyl (C=O) groups excluding carboxylic acids is 2. The third-order valence-corrected chi connectivity index (χ3v) is 3.96. The van der Waals surface area contributed by atoms with Crippen LogP contribution in [-0.4, -0.2) is 23.8 Å². The van der Waals surface area contributed by atoms with E-state index in [4.69, 9.17) is 0 Å². The van der Waals surface area contributed by atoms with Crippen molar-refractivity contribution in [2.45, 2.75) is 6.92 Å². The van der Waals surface area contributed by atoms with Crippen LogP contribution in [0.2, 0.25) is 0 Å². The Morgan fingerprint density at radius 1 is 0.852 bits per heavy atom. The number of amides is 2. The van der Waals surface area contributed by atoms with E-state index in [1.165, 1.54) is 6.92 Å². The minimum atomic E-state index is -0.247. The summed E-state index contributed by atoms with van der Waals surface area (Å²) in [5.41, 5.74) is 2.79. The highest BCUT2D eigenvalue weighted by Gasteiger charge is 2.09. The van der Waals surface area contributed by atoms with E-state index in [2.05, 4.69) is 15.6 Å². The van der Waals surface area contributed by atoms with E-state index in [9.17, 15) is 9.59 Å². The lowest BCUT2D eigenvalue weighted by Gasteiger charge is -2.18. The summed E-state index contributed by atoms with van der Waals surface area (Å²) in [6, 6.07) is 20.3. The second-order valence-electron chi connectivity index (χ2n) is 6.01. The molecule has 0 saturated heterocycles. The van der Waals surface area contributed by atoms with Crippen LogP contribution in [0.1, 0.15) is 17.3 Å². The van der Waals surface area contributed by atoms with Gasteiger partial charge in [0.05, 0.1) is 5.56 Å². The lowest BCUT2D eigenvalue weighted by atomic mass is 10.2. The first-order chi connectivity index (χ1) is 13.0.